The Morgan fingerprint density at radius 3 is 2.62 bits per heavy atom. The highest BCUT2D eigenvalue weighted by Crippen LogP contribution is 2.30. The lowest BCUT2D eigenvalue weighted by atomic mass is 10.2. The molecule has 0 atom stereocenters. The van der Waals surface area contributed by atoms with Crippen molar-refractivity contribution >= 4 is 22.7 Å². The normalized spacial score (nSPS) is 14.7. The lowest BCUT2D eigenvalue weighted by Gasteiger charge is -2.04. The Morgan fingerprint density at radius 2 is 1.86 bits per heavy atom. The van der Waals surface area contributed by atoms with Crippen molar-refractivity contribution in [3.05, 3.63) is 60.2 Å². The molecule has 3 aromatic rings. The van der Waals surface area contributed by atoms with E-state index >= 15 is 0 Å². The van der Waals surface area contributed by atoms with E-state index in [-0.39, 0.29) is 0 Å². The number of aromatic nitrogens is 1. The second-order valence-corrected chi connectivity index (χ2v) is 6.74. The molecule has 106 valence electrons. The van der Waals surface area contributed by atoms with Gasteiger partial charge in [0.05, 0.1) is 5.03 Å². The third-order valence-corrected chi connectivity index (χ3v) is 4.78. The minimum Gasteiger partial charge on any atom is -0.349 e. The number of hydrogen-bond donors (Lipinski definition) is 2. The van der Waals surface area contributed by atoms with E-state index < -0.39 is 0 Å². The zero-order valence-electron chi connectivity index (χ0n) is 11.8. The fraction of sp³-hybridized carbons (Fsp3) is 0.222. The van der Waals surface area contributed by atoms with Gasteiger partial charge in [-0.25, -0.2) is 0 Å². The van der Waals surface area contributed by atoms with E-state index in [1.54, 1.807) is 11.8 Å². The minimum atomic E-state index is 0.769. The molecule has 2 nitrogen and oxygen atoms in total. The average molecular weight is 294 g/mol. The Bertz CT molecular complexity index is 708. The number of para-hydroxylation sites is 1. The maximum Gasteiger partial charge on any atom is 0.0780 e. The fourth-order valence-electron chi connectivity index (χ4n) is 2.45. The maximum absolute atomic E-state index is 3.55. The predicted molar refractivity (Wildman–Crippen MR) is 88.7 cm³/mol. The van der Waals surface area contributed by atoms with Crippen molar-refractivity contribution in [1.82, 2.24) is 10.3 Å². The molecule has 0 amide bonds. The summed E-state index contributed by atoms with van der Waals surface area (Å²) in [6.45, 7) is 0.988. The molecule has 21 heavy (non-hydrogen) atoms. The van der Waals surface area contributed by atoms with Crippen molar-refractivity contribution in [3.63, 3.8) is 0 Å². The van der Waals surface area contributed by atoms with Crippen LogP contribution in [0.5, 0.6) is 0 Å². The number of aromatic amines is 1. The molecule has 1 heterocycles. The number of hydrogen-bond acceptors (Lipinski definition) is 2. The summed E-state index contributed by atoms with van der Waals surface area (Å²) in [6, 6.07) is 20.2. The van der Waals surface area contributed by atoms with E-state index in [2.05, 4.69) is 64.9 Å². The molecule has 0 aliphatic heterocycles. The highest BCUT2D eigenvalue weighted by Gasteiger charge is 2.19. The quantitative estimate of drug-likeness (QED) is 0.721. The molecule has 0 radical (unpaired) electrons. The third-order valence-electron chi connectivity index (χ3n) is 3.83. The lowest BCUT2D eigenvalue weighted by molar-refractivity contribution is 0.687. The Hall–Kier alpha value is -1.71. The van der Waals surface area contributed by atoms with Gasteiger partial charge in [-0.15, -0.1) is 0 Å². The number of benzene rings is 2. The van der Waals surface area contributed by atoms with Crippen LogP contribution in [0.4, 0.5) is 0 Å². The first-order valence-corrected chi connectivity index (χ1v) is 8.26. The van der Waals surface area contributed by atoms with Gasteiger partial charge in [-0.3, -0.25) is 0 Å². The van der Waals surface area contributed by atoms with Crippen molar-refractivity contribution in [2.24, 2.45) is 0 Å². The summed E-state index contributed by atoms with van der Waals surface area (Å²) in [5.41, 5.74) is 2.56. The summed E-state index contributed by atoms with van der Waals surface area (Å²) >= 11 is 1.78. The van der Waals surface area contributed by atoms with E-state index in [1.807, 2.05) is 0 Å². The Morgan fingerprint density at radius 1 is 1.05 bits per heavy atom. The van der Waals surface area contributed by atoms with Gasteiger partial charge < -0.3 is 10.3 Å². The van der Waals surface area contributed by atoms with Crippen LogP contribution in [0.1, 0.15) is 18.4 Å². The largest absolute Gasteiger partial charge is 0.349 e. The molecule has 3 heteroatoms. The number of fused-ring (bicyclic) bond motifs is 1. The van der Waals surface area contributed by atoms with Crippen molar-refractivity contribution in [1.29, 1.82) is 0 Å². The Balaban J connectivity index is 1.45. The molecule has 1 aliphatic carbocycles. The van der Waals surface area contributed by atoms with Crippen LogP contribution in [0.2, 0.25) is 0 Å². The van der Waals surface area contributed by atoms with Crippen LogP contribution in [0.25, 0.3) is 10.9 Å². The molecule has 0 unspecified atom stereocenters. The van der Waals surface area contributed by atoms with Crippen LogP contribution in [0.15, 0.2) is 64.5 Å². The number of rotatable bonds is 5. The summed E-state index contributed by atoms with van der Waals surface area (Å²) < 4.78 is 0. The van der Waals surface area contributed by atoms with Crippen LogP contribution in [0, 0.1) is 0 Å². The average Bonchev–Trinajstić information content (AvgIpc) is 3.25. The van der Waals surface area contributed by atoms with Gasteiger partial charge in [0, 0.05) is 28.4 Å². The molecule has 0 saturated heterocycles. The molecule has 1 saturated carbocycles. The SMILES string of the molecule is c1ccc2[nH]c(Sc3ccc(CNC4CC4)cc3)cc2c1. The van der Waals surface area contributed by atoms with Crippen molar-refractivity contribution in [3.8, 4) is 0 Å². The van der Waals surface area contributed by atoms with Crippen LogP contribution in [-0.2, 0) is 6.54 Å². The molecule has 1 aromatic heterocycles. The number of H-pyrrole nitrogens is 1. The highest BCUT2D eigenvalue weighted by atomic mass is 32.2. The van der Waals surface area contributed by atoms with Crippen LogP contribution >= 0.6 is 11.8 Å². The molecular formula is C18H18N2S. The van der Waals surface area contributed by atoms with Gasteiger partial charge in [-0.2, -0.15) is 0 Å². The lowest BCUT2D eigenvalue weighted by Crippen LogP contribution is -2.14. The summed E-state index contributed by atoms with van der Waals surface area (Å²) in [6.07, 6.45) is 2.68. The highest BCUT2D eigenvalue weighted by molar-refractivity contribution is 7.99. The predicted octanol–water partition coefficient (Wildman–Crippen LogP) is 4.57. The smallest absolute Gasteiger partial charge is 0.0780 e. The molecule has 0 bridgehead atoms. The van der Waals surface area contributed by atoms with Gasteiger partial charge in [-0.05, 0) is 42.7 Å². The molecule has 1 aliphatic rings. The molecule has 2 N–H and O–H groups in total. The van der Waals surface area contributed by atoms with Gasteiger partial charge in [0.2, 0.25) is 0 Å². The topological polar surface area (TPSA) is 27.8 Å². The van der Waals surface area contributed by atoms with Gasteiger partial charge in [0.25, 0.3) is 0 Å². The third kappa shape index (κ3) is 3.14. The second-order valence-electron chi connectivity index (χ2n) is 5.62. The van der Waals surface area contributed by atoms with E-state index in [4.69, 9.17) is 0 Å². The zero-order chi connectivity index (χ0) is 14.1. The first-order valence-electron chi connectivity index (χ1n) is 7.45. The zero-order valence-corrected chi connectivity index (χ0v) is 12.6. The van der Waals surface area contributed by atoms with Crippen molar-refractivity contribution < 1.29 is 0 Å². The fourth-order valence-corrected chi connectivity index (χ4v) is 3.33. The van der Waals surface area contributed by atoms with Gasteiger partial charge >= 0.3 is 0 Å². The van der Waals surface area contributed by atoms with E-state index in [1.165, 1.54) is 39.2 Å². The van der Waals surface area contributed by atoms with Crippen LogP contribution in [0.3, 0.4) is 0 Å². The second kappa shape index (κ2) is 5.58. The van der Waals surface area contributed by atoms with Crippen LogP contribution in [-0.4, -0.2) is 11.0 Å². The summed E-state index contributed by atoms with van der Waals surface area (Å²) in [5, 5.41) is 6.01. The first-order chi connectivity index (χ1) is 10.4. The molecule has 2 aromatic carbocycles. The van der Waals surface area contributed by atoms with Gasteiger partial charge in [0.15, 0.2) is 0 Å². The molecular weight excluding hydrogens is 276 g/mol. The Kier molecular flexibility index (Phi) is 3.45. The molecule has 0 spiro atoms. The summed E-state index contributed by atoms with van der Waals surface area (Å²) in [4.78, 5) is 4.73. The van der Waals surface area contributed by atoms with E-state index in [0.717, 1.165) is 12.6 Å². The van der Waals surface area contributed by atoms with Gasteiger partial charge in [-0.1, -0.05) is 42.1 Å². The van der Waals surface area contributed by atoms with Crippen LogP contribution < -0.4 is 5.32 Å². The summed E-state index contributed by atoms with van der Waals surface area (Å²) in [7, 11) is 0. The standard InChI is InChI=1S/C18H18N2S/c1-2-4-17-14(3-1)11-18(20-17)21-16-9-5-13(6-10-16)12-19-15-7-8-15/h1-6,9-11,15,19-20H,7-8,12H2. The molecule has 4 rings (SSSR count). The summed E-state index contributed by atoms with van der Waals surface area (Å²) in [5.74, 6) is 0. The first kappa shape index (κ1) is 13.0. The minimum absolute atomic E-state index is 0.769. The van der Waals surface area contributed by atoms with Gasteiger partial charge in [0.1, 0.15) is 0 Å². The number of nitrogens with one attached hydrogen (secondary N) is 2. The van der Waals surface area contributed by atoms with E-state index in [9.17, 15) is 0 Å². The van der Waals surface area contributed by atoms with Crippen molar-refractivity contribution in [2.75, 3.05) is 0 Å². The monoisotopic (exact) mass is 294 g/mol. The van der Waals surface area contributed by atoms with Crippen molar-refractivity contribution in [2.45, 2.75) is 35.3 Å². The van der Waals surface area contributed by atoms with E-state index in [0.29, 0.717) is 0 Å². The maximum atomic E-state index is 3.55. The Labute approximate surface area is 129 Å². The molecule has 1 fully saturated rings.